The summed E-state index contributed by atoms with van der Waals surface area (Å²) in [6.45, 7) is 0. The zero-order valence-electron chi connectivity index (χ0n) is 7.53. The SMILES string of the molecule is O=C=NS(=O)(=O)OC(=O)C(F)(F)F.[H-].[Li+]. The number of carbonyl (C=O) groups is 1. The monoisotopic (exact) mass is 227 g/mol. The number of hydrogen-bond acceptors (Lipinski definition) is 5. The molecule has 76 valence electrons. The second-order valence-corrected chi connectivity index (χ2v) is 2.68. The second kappa shape index (κ2) is 5.16. The summed E-state index contributed by atoms with van der Waals surface area (Å²) in [7, 11) is -5.18. The first kappa shape index (κ1) is 15.7. The molecule has 0 saturated carbocycles. The summed E-state index contributed by atoms with van der Waals surface area (Å²) < 4.78 is 58.9. The van der Waals surface area contributed by atoms with Crippen molar-refractivity contribution in [2.45, 2.75) is 6.18 Å². The van der Waals surface area contributed by atoms with Gasteiger partial charge >= 0.3 is 41.3 Å². The molecule has 0 unspecified atom stereocenters. The van der Waals surface area contributed by atoms with Crippen LogP contribution in [-0.4, -0.2) is 26.6 Å². The predicted molar refractivity (Wildman–Crippen MR) is 30.3 cm³/mol. The maximum atomic E-state index is 11.3. The average Bonchev–Trinajstić information content (AvgIpc) is 1.83. The molecule has 11 heteroatoms. The zero-order valence-corrected chi connectivity index (χ0v) is 7.35. The zero-order chi connectivity index (χ0) is 10.7. The minimum Gasteiger partial charge on any atom is -1.00 e. The number of carbonyl (C=O) groups excluding carboxylic acids is 2. The fraction of sp³-hybridized carbons (Fsp3) is 0.333. The quantitative estimate of drug-likeness (QED) is 0.281. The van der Waals surface area contributed by atoms with Gasteiger partial charge in [0, 0.05) is 0 Å². The van der Waals surface area contributed by atoms with Crippen molar-refractivity contribution in [3.63, 3.8) is 0 Å². The van der Waals surface area contributed by atoms with Crippen LogP contribution in [0.5, 0.6) is 0 Å². The Labute approximate surface area is 89.0 Å². The first-order valence-electron chi connectivity index (χ1n) is 2.34. The van der Waals surface area contributed by atoms with E-state index in [2.05, 4.69) is 4.18 Å². The maximum Gasteiger partial charge on any atom is 1.00 e. The smallest absolute Gasteiger partial charge is 1.00 e. The minimum atomic E-state index is -5.47. The second-order valence-electron chi connectivity index (χ2n) is 1.48. The van der Waals surface area contributed by atoms with E-state index in [4.69, 9.17) is 0 Å². The summed E-state index contributed by atoms with van der Waals surface area (Å²) in [6, 6.07) is 0. The summed E-state index contributed by atoms with van der Waals surface area (Å²) >= 11 is 0. The Morgan fingerprint density at radius 3 is 2.14 bits per heavy atom. The van der Waals surface area contributed by atoms with Crippen molar-refractivity contribution >= 4 is 22.4 Å². The molecule has 14 heavy (non-hydrogen) atoms. The van der Waals surface area contributed by atoms with Gasteiger partial charge in [0.25, 0.3) is 6.08 Å². The van der Waals surface area contributed by atoms with E-state index in [-0.39, 0.29) is 20.3 Å². The van der Waals surface area contributed by atoms with Gasteiger partial charge in [0.2, 0.25) is 0 Å². The van der Waals surface area contributed by atoms with Crippen LogP contribution in [0.1, 0.15) is 1.43 Å². The van der Waals surface area contributed by atoms with Gasteiger partial charge in [-0.3, -0.25) is 0 Å². The molecule has 6 nitrogen and oxygen atoms in total. The van der Waals surface area contributed by atoms with Gasteiger partial charge in [-0.15, -0.1) is 0 Å². The number of alkyl halides is 3. The number of hydrogen-bond donors (Lipinski definition) is 0. The van der Waals surface area contributed by atoms with E-state index in [0.717, 1.165) is 0 Å². The molecular formula is C3HF3LiNO5S. The third kappa shape index (κ3) is 5.77. The van der Waals surface area contributed by atoms with Gasteiger partial charge in [0.15, 0.2) is 0 Å². The van der Waals surface area contributed by atoms with Crippen LogP contribution in [-0.2, 0) is 24.1 Å². The van der Waals surface area contributed by atoms with Crippen LogP contribution in [0.2, 0.25) is 0 Å². The van der Waals surface area contributed by atoms with Crippen molar-refractivity contribution in [1.82, 2.24) is 0 Å². The predicted octanol–water partition coefficient (Wildman–Crippen LogP) is -3.21. The third-order valence-electron chi connectivity index (χ3n) is 0.562. The van der Waals surface area contributed by atoms with Crippen molar-refractivity contribution in [3.8, 4) is 0 Å². The van der Waals surface area contributed by atoms with Crippen LogP contribution in [0.4, 0.5) is 13.2 Å². The molecule has 0 heterocycles. The Morgan fingerprint density at radius 2 is 1.86 bits per heavy atom. The van der Waals surface area contributed by atoms with E-state index in [1.807, 2.05) is 4.40 Å². The van der Waals surface area contributed by atoms with Crippen LogP contribution in [0.25, 0.3) is 0 Å². The molecule has 0 bridgehead atoms. The Kier molecular flexibility index (Phi) is 5.77. The molecule has 0 atom stereocenters. The molecule has 0 aliphatic carbocycles. The fourth-order valence-electron chi connectivity index (χ4n) is 0.207. The van der Waals surface area contributed by atoms with E-state index in [1.54, 1.807) is 0 Å². The summed E-state index contributed by atoms with van der Waals surface area (Å²) in [5, 5.41) is 0. The molecule has 0 aliphatic heterocycles. The van der Waals surface area contributed by atoms with Crippen LogP contribution in [0, 0.1) is 0 Å². The van der Waals surface area contributed by atoms with Crippen molar-refractivity contribution in [2.24, 2.45) is 4.40 Å². The molecule has 0 spiro atoms. The van der Waals surface area contributed by atoms with Crippen molar-refractivity contribution in [3.05, 3.63) is 0 Å². The van der Waals surface area contributed by atoms with Gasteiger partial charge in [0.05, 0.1) is 0 Å². The first-order chi connectivity index (χ1) is 5.69. The number of halogens is 3. The molecule has 0 N–H and O–H groups in total. The molecule has 0 amide bonds. The summed E-state index contributed by atoms with van der Waals surface area (Å²) in [4.78, 5) is 19.1. The number of rotatable bonds is 2. The van der Waals surface area contributed by atoms with Crippen LogP contribution < -0.4 is 18.9 Å². The largest absolute Gasteiger partial charge is 1.00 e. The Hall–Kier alpha value is -0.813. The van der Waals surface area contributed by atoms with Gasteiger partial charge in [-0.25, -0.2) is 9.59 Å². The van der Waals surface area contributed by atoms with Crippen LogP contribution in [0.3, 0.4) is 0 Å². The molecule has 0 aliphatic rings. The molecule has 0 radical (unpaired) electrons. The first-order valence-corrected chi connectivity index (χ1v) is 3.70. The van der Waals surface area contributed by atoms with Crippen molar-refractivity contribution < 1.29 is 55.6 Å². The van der Waals surface area contributed by atoms with E-state index >= 15 is 0 Å². The Morgan fingerprint density at radius 1 is 1.43 bits per heavy atom. The minimum absolute atomic E-state index is 0. The Bertz CT molecular complexity index is 360. The summed E-state index contributed by atoms with van der Waals surface area (Å²) in [6.07, 6.45) is -5.06. The van der Waals surface area contributed by atoms with Gasteiger partial charge in [-0.05, 0) is 4.40 Å². The third-order valence-corrected chi connectivity index (χ3v) is 1.22. The van der Waals surface area contributed by atoms with E-state index in [1.165, 1.54) is 0 Å². The topological polar surface area (TPSA) is 89.9 Å². The molecule has 0 aromatic carbocycles. The fourth-order valence-corrected chi connectivity index (χ4v) is 0.622. The molecule has 0 rings (SSSR count). The molecule has 0 aromatic rings. The summed E-state index contributed by atoms with van der Waals surface area (Å²) in [5.74, 6) is -2.98. The van der Waals surface area contributed by atoms with Gasteiger partial charge < -0.3 is 5.61 Å². The van der Waals surface area contributed by atoms with Crippen LogP contribution in [0.15, 0.2) is 4.40 Å². The molecule has 0 aromatic heterocycles. The van der Waals surface area contributed by atoms with E-state index in [0.29, 0.717) is 6.08 Å². The van der Waals surface area contributed by atoms with Gasteiger partial charge in [-0.2, -0.15) is 21.6 Å². The van der Waals surface area contributed by atoms with Gasteiger partial charge in [-0.1, -0.05) is 0 Å². The average molecular weight is 227 g/mol. The number of isocyanates is 1. The molecular weight excluding hydrogens is 226 g/mol. The van der Waals surface area contributed by atoms with Gasteiger partial charge in [0.1, 0.15) is 0 Å². The molecule has 0 fully saturated rings. The Balaban J connectivity index is -0.000000720. The normalized spacial score (nSPS) is 10.8. The molecule has 0 saturated heterocycles. The standard InChI is InChI=1S/C3F3NO5S.Li.H/c4-3(5,6)2(9)12-13(10,11)7-1-8;;/q;+1;-1. The van der Waals surface area contributed by atoms with E-state index < -0.39 is 22.4 Å². The van der Waals surface area contributed by atoms with Crippen LogP contribution >= 0.6 is 0 Å². The van der Waals surface area contributed by atoms with E-state index in [9.17, 15) is 31.2 Å². The summed E-state index contributed by atoms with van der Waals surface area (Å²) in [5.41, 5.74) is 0. The van der Waals surface area contributed by atoms with Crippen molar-refractivity contribution in [2.75, 3.05) is 0 Å². The number of nitrogens with zero attached hydrogens (tertiary/aromatic N) is 1. The maximum absolute atomic E-state index is 11.3. The van der Waals surface area contributed by atoms with Crippen molar-refractivity contribution in [1.29, 1.82) is 0 Å².